The van der Waals surface area contributed by atoms with Gasteiger partial charge in [0.25, 0.3) is 0 Å². The molecule has 2 atom stereocenters. The summed E-state index contributed by atoms with van der Waals surface area (Å²) in [6, 6.07) is 0. The van der Waals surface area contributed by atoms with Crippen molar-refractivity contribution in [2.45, 2.75) is 37.9 Å². The Morgan fingerprint density at radius 3 is 2.60 bits per heavy atom. The van der Waals surface area contributed by atoms with Gasteiger partial charge in [-0.15, -0.1) is 0 Å². The monoisotopic (exact) mass is 144 g/mol. The Hall–Kier alpha value is -0.0551. The van der Waals surface area contributed by atoms with Crippen LogP contribution in [0, 0.1) is 0 Å². The third-order valence-electron chi connectivity index (χ3n) is 1.96. The second-order valence-corrected chi connectivity index (χ2v) is 2.69. The molecule has 1 rings (SSSR count). The summed E-state index contributed by atoms with van der Waals surface area (Å²) < 4.78 is 4.90. The van der Waals surface area contributed by atoms with Crippen LogP contribution in [0.4, 0.5) is 0 Å². The zero-order valence-corrected chi connectivity index (χ0v) is 5.99. The molecule has 58 valence electrons. The van der Waals surface area contributed by atoms with Gasteiger partial charge in [0.15, 0.2) is 0 Å². The summed E-state index contributed by atoms with van der Waals surface area (Å²) in [7, 11) is -0.276. The van der Waals surface area contributed by atoms with Gasteiger partial charge in [0.1, 0.15) is 0 Å². The number of hydrogen-bond acceptors (Lipinski definition) is 3. The van der Waals surface area contributed by atoms with Gasteiger partial charge in [0.2, 0.25) is 0 Å². The molecule has 0 aromatic heterocycles. The molecule has 1 fully saturated rings. The fourth-order valence-corrected chi connectivity index (χ4v) is 1.37. The van der Waals surface area contributed by atoms with E-state index < -0.39 is 0 Å². The van der Waals surface area contributed by atoms with Gasteiger partial charge in [-0.05, 0) is 12.8 Å². The molecule has 0 amide bonds. The van der Waals surface area contributed by atoms with Gasteiger partial charge in [0, 0.05) is 0 Å². The molecule has 3 nitrogen and oxygen atoms in total. The fourth-order valence-electron chi connectivity index (χ4n) is 1.37. The maximum atomic E-state index is 9.26. The standard InChI is InChI=1S/C6H13BO3/c8-5-3-1-2-4-6(5)10-7-9/h5-9H,1-4H2. The Kier molecular flexibility index (Phi) is 3.18. The molecular weight excluding hydrogens is 131 g/mol. The molecule has 10 heavy (non-hydrogen) atoms. The second kappa shape index (κ2) is 3.96. The van der Waals surface area contributed by atoms with Crippen molar-refractivity contribution >= 4 is 7.69 Å². The van der Waals surface area contributed by atoms with Crippen LogP contribution in [-0.2, 0) is 4.65 Å². The van der Waals surface area contributed by atoms with Crippen LogP contribution in [0.3, 0.4) is 0 Å². The van der Waals surface area contributed by atoms with E-state index in [4.69, 9.17) is 9.68 Å². The van der Waals surface area contributed by atoms with Crippen molar-refractivity contribution in [3.05, 3.63) is 0 Å². The van der Waals surface area contributed by atoms with Crippen LogP contribution in [-0.4, -0.2) is 30.0 Å². The Labute approximate surface area is 61.3 Å². The van der Waals surface area contributed by atoms with E-state index >= 15 is 0 Å². The first kappa shape index (κ1) is 8.05. The van der Waals surface area contributed by atoms with E-state index in [1.54, 1.807) is 0 Å². The highest BCUT2D eigenvalue weighted by Gasteiger charge is 2.22. The summed E-state index contributed by atoms with van der Waals surface area (Å²) >= 11 is 0. The summed E-state index contributed by atoms with van der Waals surface area (Å²) in [5, 5.41) is 17.7. The Balaban J connectivity index is 2.25. The van der Waals surface area contributed by atoms with Gasteiger partial charge in [-0.25, -0.2) is 0 Å². The molecule has 0 aromatic carbocycles. The van der Waals surface area contributed by atoms with Crippen LogP contribution in [0.15, 0.2) is 0 Å². The Bertz CT molecular complexity index is 97.0. The van der Waals surface area contributed by atoms with Gasteiger partial charge in [-0.2, -0.15) is 0 Å². The molecule has 0 spiro atoms. The van der Waals surface area contributed by atoms with Crippen molar-refractivity contribution in [2.24, 2.45) is 0 Å². The van der Waals surface area contributed by atoms with Crippen molar-refractivity contribution < 1.29 is 14.8 Å². The van der Waals surface area contributed by atoms with E-state index in [-0.39, 0.29) is 19.9 Å². The first-order chi connectivity index (χ1) is 4.84. The lowest BCUT2D eigenvalue weighted by Gasteiger charge is -2.26. The van der Waals surface area contributed by atoms with Crippen molar-refractivity contribution in [3.8, 4) is 0 Å². The predicted octanol–water partition coefficient (Wildman–Crippen LogP) is -0.435. The second-order valence-electron chi connectivity index (χ2n) is 2.69. The van der Waals surface area contributed by atoms with Gasteiger partial charge in [0.05, 0.1) is 12.2 Å². The Morgan fingerprint density at radius 1 is 1.30 bits per heavy atom. The minimum absolute atomic E-state index is 0.126. The fraction of sp³-hybridized carbons (Fsp3) is 1.00. The molecule has 2 unspecified atom stereocenters. The largest absolute Gasteiger partial charge is 0.435 e. The average Bonchev–Trinajstić information content (AvgIpc) is 1.94. The van der Waals surface area contributed by atoms with Crippen LogP contribution in [0.1, 0.15) is 25.7 Å². The summed E-state index contributed by atoms with van der Waals surface area (Å²) in [5.74, 6) is 0. The maximum Gasteiger partial charge on any atom is 0.435 e. The number of aliphatic hydroxyl groups is 1. The average molecular weight is 144 g/mol. The number of hydrogen-bond donors (Lipinski definition) is 2. The van der Waals surface area contributed by atoms with E-state index in [0.717, 1.165) is 25.7 Å². The third-order valence-corrected chi connectivity index (χ3v) is 1.96. The molecule has 1 saturated carbocycles. The third kappa shape index (κ3) is 1.97. The summed E-state index contributed by atoms with van der Waals surface area (Å²) in [4.78, 5) is 0. The minimum Gasteiger partial charge on any atom is -0.430 e. The molecule has 0 aromatic rings. The topological polar surface area (TPSA) is 49.7 Å². The van der Waals surface area contributed by atoms with Crippen LogP contribution in [0.25, 0.3) is 0 Å². The normalized spacial score (nSPS) is 33.8. The summed E-state index contributed by atoms with van der Waals surface area (Å²) in [6.07, 6.45) is 3.38. The highest BCUT2D eigenvalue weighted by molar-refractivity contribution is 6.15. The van der Waals surface area contributed by atoms with Gasteiger partial charge >= 0.3 is 7.69 Å². The minimum atomic E-state index is -0.360. The first-order valence-electron chi connectivity index (χ1n) is 3.75. The molecule has 1 aliphatic carbocycles. The van der Waals surface area contributed by atoms with E-state index in [9.17, 15) is 5.11 Å². The lowest BCUT2D eigenvalue weighted by molar-refractivity contribution is 0.00128. The lowest BCUT2D eigenvalue weighted by Crippen LogP contribution is -2.33. The lowest BCUT2D eigenvalue weighted by atomic mass is 9.94. The van der Waals surface area contributed by atoms with Crippen molar-refractivity contribution in [1.29, 1.82) is 0 Å². The molecule has 0 bridgehead atoms. The van der Waals surface area contributed by atoms with E-state index in [1.807, 2.05) is 0 Å². The molecule has 4 heteroatoms. The Morgan fingerprint density at radius 2 is 2.00 bits per heavy atom. The molecule has 0 heterocycles. The predicted molar refractivity (Wildman–Crippen MR) is 38.7 cm³/mol. The molecule has 0 radical (unpaired) electrons. The van der Waals surface area contributed by atoms with Crippen LogP contribution < -0.4 is 0 Å². The highest BCUT2D eigenvalue weighted by atomic mass is 16.5. The van der Waals surface area contributed by atoms with Crippen molar-refractivity contribution in [3.63, 3.8) is 0 Å². The molecular formula is C6H13BO3. The molecule has 0 aliphatic heterocycles. The van der Waals surface area contributed by atoms with Gasteiger partial charge < -0.3 is 14.8 Å². The molecule has 0 saturated heterocycles. The smallest absolute Gasteiger partial charge is 0.430 e. The number of aliphatic hydroxyl groups excluding tert-OH is 1. The van der Waals surface area contributed by atoms with Gasteiger partial charge in [-0.1, -0.05) is 12.8 Å². The first-order valence-corrected chi connectivity index (χ1v) is 3.75. The highest BCUT2D eigenvalue weighted by Crippen LogP contribution is 2.20. The van der Waals surface area contributed by atoms with Crippen LogP contribution in [0.2, 0.25) is 0 Å². The van der Waals surface area contributed by atoms with Crippen LogP contribution >= 0.6 is 0 Å². The zero-order valence-electron chi connectivity index (χ0n) is 5.99. The summed E-state index contributed by atoms with van der Waals surface area (Å²) in [5.41, 5.74) is 0. The van der Waals surface area contributed by atoms with Crippen molar-refractivity contribution in [2.75, 3.05) is 0 Å². The maximum absolute atomic E-state index is 9.26. The molecule has 2 N–H and O–H groups in total. The van der Waals surface area contributed by atoms with E-state index in [0.29, 0.717) is 0 Å². The van der Waals surface area contributed by atoms with Crippen molar-refractivity contribution in [1.82, 2.24) is 0 Å². The summed E-state index contributed by atoms with van der Waals surface area (Å²) in [6.45, 7) is 0. The zero-order chi connectivity index (χ0) is 7.40. The SMILES string of the molecule is OBOC1CCCCC1O. The van der Waals surface area contributed by atoms with Gasteiger partial charge in [-0.3, -0.25) is 0 Å². The van der Waals surface area contributed by atoms with E-state index in [1.165, 1.54) is 0 Å². The molecule has 1 aliphatic rings. The van der Waals surface area contributed by atoms with E-state index in [2.05, 4.69) is 0 Å². The quantitative estimate of drug-likeness (QED) is 0.516. The number of rotatable bonds is 2. The van der Waals surface area contributed by atoms with Crippen LogP contribution in [0.5, 0.6) is 0 Å².